The van der Waals surface area contributed by atoms with E-state index < -0.39 is 5.97 Å². The van der Waals surface area contributed by atoms with Crippen molar-refractivity contribution in [2.24, 2.45) is 5.41 Å². The van der Waals surface area contributed by atoms with Crippen molar-refractivity contribution in [2.75, 3.05) is 0 Å². The fraction of sp³-hybridized carbons (Fsp3) is 0.538. The lowest BCUT2D eigenvalue weighted by atomic mass is 9.79. The van der Waals surface area contributed by atoms with Gasteiger partial charge in [0.1, 0.15) is 0 Å². The predicted molar refractivity (Wildman–Crippen MR) is 72.3 cm³/mol. The number of nitrogens with zero attached hydrogens (tertiary/aromatic N) is 3. The Morgan fingerprint density at radius 2 is 2.25 bits per heavy atom. The van der Waals surface area contributed by atoms with Crippen molar-refractivity contribution in [1.82, 2.24) is 15.1 Å². The Morgan fingerprint density at radius 1 is 1.45 bits per heavy atom. The number of carboxylic acid groups (broad SMARTS) is 1. The van der Waals surface area contributed by atoms with Gasteiger partial charge >= 0.3 is 5.97 Å². The van der Waals surface area contributed by atoms with Gasteiger partial charge < -0.3 is 9.63 Å². The Kier molecular flexibility index (Phi) is 3.52. The normalized spacial score (nSPS) is 17.4. The lowest BCUT2D eigenvalue weighted by molar-refractivity contribution is -0.139. The van der Waals surface area contributed by atoms with Crippen LogP contribution in [0.2, 0.25) is 0 Å². The van der Waals surface area contributed by atoms with Crippen molar-refractivity contribution in [3.05, 3.63) is 17.6 Å². The Balaban J connectivity index is 1.77. The molecule has 106 valence electrons. The summed E-state index contributed by atoms with van der Waals surface area (Å²) < 4.78 is 5.28. The minimum atomic E-state index is -0.755. The van der Waals surface area contributed by atoms with E-state index in [-0.39, 0.29) is 11.8 Å². The van der Waals surface area contributed by atoms with Crippen molar-refractivity contribution < 1.29 is 14.4 Å². The largest absolute Gasteiger partial charge is 0.481 e. The zero-order chi connectivity index (χ0) is 14.0. The Bertz CT molecular complexity index is 588. The first kappa shape index (κ1) is 13.2. The van der Waals surface area contributed by atoms with Gasteiger partial charge in [-0.1, -0.05) is 18.0 Å². The van der Waals surface area contributed by atoms with Gasteiger partial charge in [-0.3, -0.25) is 9.78 Å². The van der Waals surface area contributed by atoms with E-state index in [9.17, 15) is 4.79 Å². The molecule has 2 aromatic rings. The number of thiazole rings is 1. The zero-order valence-corrected chi connectivity index (χ0v) is 11.7. The maximum absolute atomic E-state index is 11.1. The first-order valence-electron chi connectivity index (χ1n) is 6.60. The third kappa shape index (κ3) is 2.72. The van der Waals surface area contributed by atoms with Crippen LogP contribution >= 0.6 is 11.3 Å². The van der Waals surface area contributed by atoms with Crippen molar-refractivity contribution in [1.29, 1.82) is 0 Å². The number of rotatable bonds is 5. The molecular formula is C13H15N3O3S. The van der Waals surface area contributed by atoms with Gasteiger partial charge in [0.05, 0.1) is 16.8 Å². The predicted octanol–water partition coefficient (Wildman–Crippen LogP) is 2.77. The highest BCUT2D eigenvalue weighted by atomic mass is 32.1. The van der Waals surface area contributed by atoms with E-state index in [1.165, 1.54) is 11.3 Å². The lowest BCUT2D eigenvalue weighted by Crippen LogP contribution is -2.23. The van der Waals surface area contributed by atoms with Crippen molar-refractivity contribution in [3.63, 3.8) is 0 Å². The van der Waals surface area contributed by atoms with Crippen LogP contribution in [0.25, 0.3) is 10.7 Å². The Morgan fingerprint density at radius 3 is 2.90 bits per heavy atom. The molecule has 0 radical (unpaired) electrons. The topological polar surface area (TPSA) is 89.1 Å². The van der Waals surface area contributed by atoms with Gasteiger partial charge in [0, 0.05) is 12.6 Å². The van der Waals surface area contributed by atoms with Gasteiger partial charge in [0.25, 0.3) is 0 Å². The molecule has 0 spiro atoms. The Hall–Kier alpha value is -1.76. The standard InChI is InChI=1S/C13H15N3O3S/c17-11(18)6-13(3-1-2-4-13)5-10-15-12(16-19-10)9-7-14-8-20-9/h7-8H,1-6H2,(H,17,18). The highest BCUT2D eigenvalue weighted by Gasteiger charge is 2.38. The minimum Gasteiger partial charge on any atom is -0.481 e. The molecule has 1 aliphatic carbocycles. The summed E-state index contributed by atoms with van der Waals surface area (Å²) in [5, 5.41) is 13.0. The number of carbonyl (C=O) groups is 1. The molecule has 0 saturated heterocycles. The van der Waals surface area contributed by atoms with Crippen LogP contribution in [0.5, 0.6) is 0 Å². The average Bonchev–Trinajstić information content (AvgIpc) is 3.08. The van der Waals surface area contributed by atoms with Crippen LogP contribution in [0.1, 0.15) is 38.0 Å². The van der Waals surface area contributed by atoms with Crippen molar-refractivity contribution in [3.8, 4) is 10.7 Å². The molecule has 20 heavy (non-hydrogen) atoms. The van der Waals surface area contributed by atoms with Crippen LogP contribution in [0, 0.1) is 5.41 Å². The maximum atomic E-state index is 11.1. The molecule has 3 rings (SSSR count). The van der Waals surface area contributed by atoms with Gasteiger partial charge in [-0.2, -0.15) is 4.98 Å². The molecule has 1 N–H and O–H groups in total. The Labute approximate surface area is 119 Å². The van der Waals surface area contributed by atoms with Crippen LogP contribution < -0.4 is 0 Å². The van der Waals surface area contributed by atoms with Gasteiger partial charge in [-0.05, 0) is 18.3 Å². The van der Waals surface area contributed by atoms with E-state index in [1.54, 1.807) is 11.7 Å². The monoisotopic (exact) mass is 293 g/mol. The van der Waals surface area contributed by atoms with E-state index in [0.717, 1.165) is 30.6 Å². The van der Waals surface area contributed by atoms with Gasteiger partial charge in [0.2, 0.25) is 11.7 Å². The quantitative estimate of drug-likeness (QED) is 0.911. The summed E-state index contributed by atoms with van der Waals surface area (Å²) in [6.07, 6.45) is 6.39. The summed E-state index contributed by atoms with van der Waals surface area (Å²) in [6, 6.07) is 0. The SMILES string of the molecule is O=C(O)CC1(Cc2nc(-c3cncs3)no2)CCCC1. The molecule has 6 nitrogen and oxygen atoms in total. The van der Waals surface area contributed by atoms with E-state index in [1.807, 2.05) is 0 Å². The molecule has 1 fully saturated rings. The van der Waals surface area contributed by atoms with Crippen LogP contribution in [0.15, 0.2) is 16.2 Å². The molecular weight excluding hydrogens is 278 g/mol. The van der Waals surface area contributed by atoms with Gasteiger partial charge in [0.15, 0.2) is 0 Å². The van der Waals surface area contributed by atoms with Crippen LogP contribution in [-0.2, 0) is 11.2 Å². The third-order valence-electron chi connectivity index (χ3n) is 3.84. The van der Waals surface area contributed by atoms with Gasteiger partial charge in [-0.25, -0.2) is 0 Å². The summed E-state index contributed by atoms with van der Waals surface area (Å²) >= 11 is 1.45. The molecule has 1 aliphatic rings. The van der Waals surface area contributed by atoms with Crippen LogP contribution in [-0.4, -0.2) is 26.2 Å². The molecule has 0 amide bonds. The number of aromatic nitrogens is 3. The van der Waals surface area contributed by atoms with Crippen LogP contribution in [0.4, 0.5) is 0 Å². The molecule has 0 aliphatic heterocycles. The maximum Gasteiger partial charge on any atom is 0.303 e. The first-order chi connectivity index (χ1) is 9.67. The second-order valence-corrected chi connectivity index (χ2v) is 6.22. The second kappa shape index (κ2) is 5.32. The second-order valence-electron chi connectivity index (χ2n) is 5.33. The first-order valence-corrected chi connectivity index (χ1v) is 7.48. The van der Waals surface area contributed by atoms with E-state index in [0.29, 0.717) is 18.1 Å². The molecule has 0 atom stereocenters. The highest BCUT2D eigenvalue weighted by Crippen LogP contribution is 2.43. The van der Waals surface area contributed by atoms with E-state index >= 15 is 0 Å². The summed E-state index contributed by atoms with van der Waals surface area (Å²) in [7, 11) is 0. The zero-order valence-electron chi connectivity index (χ0n) is 10.9. The molecule has 1 saturated carbocycles. The fourth-order valence-electron chi connectivity index (χ4n) is 2.94. The third-order valence-corrected chi connectivity index (χ3v) is 4.61. The smallest absolute Gasteiger partial charge is 0.303 e. The molecule has 0 unspecified atom stereocenters. The summed E-state index contributed by atoms with van der Waals surface area (Å²) in [5.74, 6) is 0.302. The molecule has 2 aromatic heterocycles. The number of aliphatic carboxylic acids is 1. The molecule has 2 heterocycles. The van der Waals surface area contributed by atoms with Gasteiger partial charge in [-0.15, -0.1) is 11.3 Å². The molecule has 7 heteroatoms. The fourth-order valence-corrected chi connectivity index (χ4v) is 3.48. The van der Waals surface area contributed by atoms with Crippen LogP contribution in [0.3, 0.4) is 0 Å². The number of hydrogen-bond acceptors (Lipinski definition) is 6. The van der Waals surface area contributed by atoms with E-state index in [4.69, 9.17) is 9.63 Å². The lowest BCUT2D eigenvalue weighted by Gasteiger charge is -2.24. The minimum absolute atomic E-state index is 0.172. The summed E-state index contributed by atoms with van der Waals surface area (Å²) in [4.78, 5) is 20.3. The van der Waals surface area contributed by atoms with Crippen molar-refractivity contribution >= 4 is 17.3 Å². The average molecular weight is 293 g/mol. The summed E-state index contributed by atoms with van der Waals surface area (Å²) in [5.41, 5.74) is 1.50. The van der Waals surface area contributed by atoms with E-state index in [2.05, 4.69) is 15.1 Å². The number of carboxylic acids is 1. The molecule has 0 aromatic carbocycles. The summed E-state index contributed by atoms with van der Waals surface area (Å²) in [6.45, 7) is 0. The highest BCUT2D eigenvalue weighted by molar-refractivity contribution is 7.13. The number of hydrogen-bond donors (Lipinski definition) is 1. The van der Waals surface area contributed by atoms with Crippen molar-refractivity contribution in [2.45, 2.75) is 38.5 Å². The molecule has 0 bridgehead atoms.